The summed E-state index contributed by atoms with van der Waals surface area (Å²) in [4.78, 5) is 0. The molecule has 1 heterocycles. The molecule has 0 radical (unpaired) electrons. The van der Waals surface area contributed by atoms with Crippen LogP contribution in [0.3, 0.4) is 0 Å². The van der Waals surface area contributed by atoms with E-state index in [0.29, 0.717) is 0 Å². The number of aryl methyl sites for hydroxylation is 1. The van der Waals surface area contributed by atoms with Crippen molar-refractivity contribution in [2.45, 2.75) is 20.5 Å². The smallest absolute Gasteiger partial charge is 0.134 e. The van der Waals surface area contributed by atoms with Gasteiger partial charge in [-0.25, -0.2) is 0 Å². The van der Waals surface area contributed by atoms with Crippen LogP contribution in [0.15, 0.2) is 34.7 Å². The first-order chi connectivity index (χ1) is 7.22. The molecule has 2 nitrogen and oxygen atoms in total. The molecule has 1 N–H and O–H groups in total. The summed E-state index contributed by atoms with van der Waals surface area (Å²) in [6.07, 6.45) is 0. The van der Waals surface area contributed by atoms with Crippen LogP contribution in [0, 0.1) is 13.8 Å². The van der Waals surface area contributed by atoms with E-state index in [1.54, 1.807) is 0 Å². The Kier molecular flexibility index (Phi) is 2.60. The summed E-state index contributed by atoms with van der Waals surface area (Å²) >= 11 is 0. The highest BCUT2D eigenvalue weighted by Crippen LogP contribution is 2.27. The number of aliphatic hydroxyl groups is 1. The number of hydrogen-bond acceptors (Lipinski definition) is 2. The van der Waals surface area contributed by atoms with E-state index in [-0.39, 0.29) is 6.61 Å². The van der Waals surface area contributed by atoms with Gasteiger partial charge in [0.05, 0.1) is 6.61 Å². The minimum Gasteiger partial charge on any atom is -0.461 e. The first-order valence-electron chi connectivity index (χ1n) is 4.98. The number of rotatable bonds is 2. The van der Waals surface area contributed by atoms with Crippen molar-refractivity contribution in [2.75, 3.05) is 0 Å². The van der Waals surface area contributed by atoms with Crippen LogP contribution >= 0.6 is 0 Å². The second kappa shape index (κ2) is 3.91. The molecule has 0 bridgehead atoms. The minimum atomic E-state index is 0.0688. The Morgan fingerprint density at radius 2 is 1.93 bits per heavy atom. The first kappa shape index (κ1) is 9.99. The third-order valence-electron chi connectivity index (χ3n) is 2.62. The zero-order chi connectivity index (χ0) is 10.8. The Labute approximate surface area is 89.2 Å². The van der Waals surface area contributed by atoms with E-state index in [0.717, 1.165) is 28.2 Å². The van der Waals surface area contributed by atoms with Gasteiger partial charge >= 0.3 is 0 Å². The molecule has 0 amide bonds. The van der Waals surface area contributed by atoms with Gasteiger partial charge in [0.1, 0.15) is 11.5 Å². The van der Waals surface area contributed by atoms with Crippen LogP contribution in [0.1, 0.15) is 16.9 Å². The molecule has 0 atom stereocenters. The highest BCUT2D eigenvalue weighted by atomic mass is 16.3. The molecule has 0 unspecified atom stereocenters. The molecule has 78 valence electrons. The molecular weight excluding hydrogens is 188 g/mol. The summed E-state index contributed by atoms with van der Waals surface area (Å²) in [5.74, 6) is 1.76. The van der Waals surface area contributed by atoms with Gasteiger partial charge in [-0.15, -0.1) is 0 Å². The number of aliphatic hydroxyl groups excluding tert-OH is 1. The van der Waals surface area contributed by atoms with Crippen LogP contribution in [-0.2, 0) is 6.61 Å². The summed E-state index contributed by atoms with van der Waals surface area (Å²) in [6.45, 7) is 3.99. The number of furan rings is 1. The summed E-state index contributed by atoms with van der Waals surface area (Å²) in [5, 5.41) is 9.16. The Balaban J connectivity index is 2.53. The summed E-state index contributed by atoms with van der Waals surface area (Å²) in [6, 6.07) is 9.77. The van der Waals surface area contributed by atoms with Crippen molar-refractivity contribution in [1.29, 1.82) is 0 Å². The normalized spacial score (nSPS) is 10.6. The van der Waals surface area contributed by atoms with Crippen LogP contribution in [0.4, 0.5) is 0 Å². The highest BCUT2D eigenvalue weighted by Gasteiger charge is 2.08. The van der Waals surface area contributed by atoms with E-state index in [1.807, 2.05) is 44.2 Å². The first-order valence-corrected chi connectivity index (χ1v) is 4.98. The minimum absolute atomic E-state index is 0.0688. The fraction of sp³-hybridized carbons (Fsp3) is 0.231. The third-order valence-corrected chi connectivity index (χ3v) is 2.62. The maximum atomic E-state index is 9.16. The maximum Gasteiger partial charge on any atom is 0.134 e. The van der Waals surface area contributed by atoms with E-state index in [2.05, 4.69) is 0 Å². The SMILES string of the molecule is Cc1ccc(-c2cccc(CO)c2C)o1. The lowest BCUT2D eigenvalue weighted by atomic mass is 10.0. The van der Waals surface area contributed by atoms with Gasteiger partial charge in [0.15, 0.2) is 0 Å². The van der Waals surface area contributed by atoms with Gasteiger partial charge in [0, 0.05) is 5.56 Å². The molecule has 1 aromatic carbocycles. The Morgan fingerprint density at radius 1 is 1.13 bits per heavy atom. The molecule has 1 aromatic heterocycles. The molecule has 0 fully saturated rings. The Hall–Kier alpha value is -1.54. The van der Waals surface area contributed by atoms with Crippen LogP contribution < -0.4 is 0 Å². The molecule has 0 saturated carbocycles. The fourth-order valence-electron chi connectivity index (χ4n) is 1.70. The molecule has 0 aliphatic carbocycles. The lowest BCUT2D eigenvalue weighted by molar-refractivity contribution is 0.281. The zero-order valence-electron chi connectivity index (χ0n) is 8.95. The molecule has 0 aliphatic rings. The van der Waals surface area contributed by atoms with Gasteiger partial charge in [-0.3, -0.25) is 0 Å². The van der Waals surface area contributed by atoms with E-state index in [9.17, 15) is 0 Å². The molecule has 0 saturated heterocycles. The summed E-state index contributed by atoms with van der Waals surface area (Å²) in [7, 11) is 0. The number of benzene rings is 1. The standard InChI is InChI=1S/C13H14O2/c1-9-6-7-13(15-9)12-5-3-4-11(8-14)10(12)2/h3-7,14H,8H2,1-2H3. The van der Waals surface area contributed by atoms with E-state index in [4.69, 9.17) is 9.52 Å². The predicted octanol–water partition coefficient (Wildman–Crippen LogP) is 3.06. The lowest BCUT2D eigenvalue weighted by Crippen LogP contribution is -1.90. The molecule has 2 aromatic rings. The molecule has 0 spiro atoms. The van der Waals surface area contributed by atoms with E-state index in [1.165, 1.54) is 0 Å². The van der Waals surface area contributed by atoms with Crippen molar-refractivity contribution < 1.29 is 9.52 Å². The topological polar surface area (TPSA) is 33.4 Å². The average Bonchev–Trinajstić information content (AvgIpc) is 2.65. The van der Waals surface area contributed by atoms with Gasteiger partial charge < -0.3 is 9.52 Å². The van der Waals surface area contributed by atoms with Crippen molar-refractivity contribution in [3.05, 3.63) is 47.2 Å². The monoisotopic (exact) mass is 202 g/mol. The fourth-order valence-corrected chi connectivity index (χ4v) is 1.70. The largest absolute Gasteiger partial charge is 0.461 e. The predicted molar refractivity (Wildman–Crippen MR) is 59.5 cm³/mol. The van der Waals surface area contributed by atoms with Crippen molar-refractivity contribution in [2.24, 2.45) is 0 Å². The molecule has 2 heteroatoms. The second-order valence-electron chi connectivity index (χ2n) is 3.66. The van der Waals surface area contributed by atoms with Crippen molar-refractivity contribution in [3.63, 3.8) is 0 Å². The quantitative estimate of drug-likeness (QED) is 0.811. The summed E-state index contributed by atoms with van der Waals surface area (Å²) < 4.78 is 5.57. The second-order valence-corrected chi connectivity index (χ2v) is 3.66. The maximum absolute atomic E-state index is 9.16. The Bertz CT molecular complexity index is 469. The van der Waals surface area contributed by atoms with Crippen LogP contribution in [0.5, 0.6) is 0 Å². The molecule has 2 rings (SSSR count). The Morgan fingerprint density at radius 3 is 2.53 bits per heavy atom. The van der Waals surface area contributed by atoms with E-state index < -0.39 is 0 Å². The van der Waals surface area contributed by atoms with Gasteiger partial charge in [-0.05, 0) is 37.1 Å². The van der Waals surface area contributed by atoms with Crippen molar-refractivity contribution >= 4 is 0 Å². The van der Waals surface area contributed by atoms with Gasteiger partial charge in [0.2, 0.25) is 0 Å². The highest BCUT2D eigenvalue weighted by molar-refractivity contribution is 5.63. The number of hydrogen-bond donors (Lipinski definition) is 1. The zero-order valence-corrected chi connectivity index (χ0v) is 8.95. The van der Waals surface area contributed by atoms with Gasteiger partial charge in [-0.2, -0.15) is 0 Å². The average molecular weight is 202 g/mol. The molecule has 0 aliphatic heterocycles. The summed E-state index contributed by atoms with van der Waals surface area (Å²) in [5.41, 5.74) is 3.07. The molecule has 15 heavy (non-hydrogen) atoms. The van der Waals surface area contributed by atoms with Crippen molar-refractivity contribution in [1.82, 2.24) is 0 Å². The van der Waals surface area contributed by atoms with E-state index >= 15 is 0 Å². The van der Waals surface area contributed by atoms with Crippen molar-refractivity contribution in [3.8, 4) is 11.3 Å². The van der Waals surface area contributed by atoms with Gasteiger partial charge in [0.25, 0.3) is 0 Å². The van der Waals surface area contributed by atoms with Crippen LogP contribution in [0.25, 0.3) is 11.3 Å². The lowest BCUT2D eigenvalue weighted by Gasteiger charge is -2.06. The van der Waals surface area contributed by atoms with Crippen LogP contribution in [0.2, 0.25) is 0 Å². The third kappa shape index (κ3) is 1.81. The van der Waals surface area contributed by atoms with Gasteiger partial charge in [-0.1, -0.05) is 18.2 Å². The van der Waals surface area contributed by atoms with Crippen LogP contribution in [-0.4, -0.2) is 5.11 Å². The molecular formula is C13H14O2.